The zero-order valence-electron chi connectivity index (χ0n) is 24.1. The van der Waals surface area contributed by atoms with E-state index in [1.807, 2.05) is 0 Å². The number of carbonyl (C=O) groups excluding carboxylic acids is 1. The molecular weight excluding hydrogens is 704 g/mol. The Morgan fingerprint density at radius 2 is 1.15 bits per heavy atom. The molecule has 0 unspecified atom stereocenters. The van der Waals surface area contributed by atoms with E-state index in [1.165, 1.54) is 97.5 Å². The largest absolute Gasteiger partial charge is 0.460 e. The Morgan fingerprint density at radius 1 is 0.660 bits per heavy atom. The van der Waals surface area contributed by atoms with E-state index in [0.717, 1.165) is 0 Å². The van der Waals surface area contributed by atoms with Crippen molar-refractivity contribution in [3.05, 3.63) is 114 Å². The van der Waals surface area contributed by atoms with Gasteiger partial charge in [-0.3, -0.25) is 4.79 Å². The molecule has 4 rings (SSSR count). The quantitative estimate of drug-likeness (QED) is 0.114. The van der Waals surface area contributed by atoms with Gasteiger partial charge in [0, 0.05) is 30.0 Å². The van der Waals surface area contributed by atoms with Gasteiger partial charge >= 0.3 is 33.4 Å². The van der Waals surface area contributed by atoms with Crippen molar-refractivity contribution in [1.82, 2.24) is 0 Å². The summed E-state index contributed by atoms with van der Waals surface area (Å²) in [4.78, 5) is 12.3. The summed E-state index contributed by atoms with van der Waals surface area (Å²) in [6.45, 7) is 2.94. The molecule has 0 aliphatic carbocycles. The van der Waals surface area contributed by atoms with Gasteiger partial charge in [0.1, 0.15) is 0 Å². The number of benzene rings is 4. The highest BCUT2D eigenvalue weighted by Gasteiger charge is 2.86. The number of hydrogen-bond donors (Lipinski definition) is 0. The predicted molar refractivity (Wildman–Crippen MR) is 158 cm³/mol. The molecule has 0 bridgehead atoms. The van der Waals surface area contributed by atoms with E-state index in [1.54, 1.807) is 31.2 Å². The number of hydrogen-bond acceptors (Lipinski definition) is 5. The molecule has 4 aromatic carbocycles. The molecule has 0 spiro atoms. The van der Waals surface area contributed by atoms with Gasteiger partial charge < -0.3 is 0 Å². The summed E-state index contributed by atoms with van der Waals surface area (Å²) in [5.74, 6) is -15.1. The van der Waals surface area contributed by atoms with Crippen LogP contribution >= 0.6 is 22.1 Å². The Balaban J connectivity index is 1.93. The molecule has 0 aliphatic rings. The lowest BCUT2D eigenvalue weighted by atomic mass is 10.1. The van der Waals surface area contributed by atoms with Gasteiger partial charge in [-0.25, -0.2) is 3.63 Å². The van der Waals surface area contributed by atoms with Gasteiger partial charge in [0.05, 0.1) is 0 Å². The van der Waals surface area contributed by atoms with Crippen LogP contribution in [0.5, 0.6) is 0 Å². The minimum atomic E-state index is -7.48. The van der Waals surface area contributed by atoms with E-state index in [9.17, 15) is 43.9 Å². The molecule has 47 heavy (non-hydrogen) atoms. The van der Waals surface area contributed by atoms with Crippen molar-refractivity contribution in [3.63, 3.8) is 0 Å². The van der Waals surface area contributed by atoms with E-state index in [0.29, 0.717) is 20.9 Å². The molecule has 0 N–H and O–H groups in total. The Hall–Kier alpha value is -3.47. The molecule has 0 saturated carbocycles. The molecular formula is C31H23F9O4S3. The van der Waals surface area contributed by atoms with Crippen LogP contribution in [0.15, 0.2) is 128 Å². The lowest BCUT2D eigenvalue weighted by Crippen LogP contribution is -2.63. The van der Waals surface area contributed by atoms with E-state index in [4.69, 9.17) is 3.63 Å². The maximum atomic E-state index is 15.1. The second kappa shape index (κ2) is 12.9. The van der Waals surface area contributed by atoms with E-state index < -0.39 is 43.7 Å². The van der Waals surface area contributed by atoms with Crippen molar-refractivity contribution in [3.8, 4) is 0 Å². The summed E-state index contributed by atoms with van der Waals surface area (Å²) in [6.07, 6.45) is -7.24. The zero-order chi connectivity index (χ0) is 35.1. The molecule has 0 radical (unpaired) electrons. The van der Waals surface area contributed by atoms with Crippen LogP contribution in [-0.4, -0.2) is 37.5 Å². The summed E-state index contributed by atoms with van der Waals surface area (Å²) in [5, 5.41) is -7.07. The highest BCUT2D eigenvalue weighted by Crippen LogP contribution is 2.71. The maximum absolute atomic E-state index is 15.1. The lowest BCUT2D eigenvalue weighted by Gasteiger charge is -2.41. The first-order valence-electron chi connectivity index (χ1n) is 13.2. The average Bonchev–Trinajstić information content (AvgIpc) is 3.01. The third-order valence-electron chi connectivity index (χ3n) is 6.74. The molecule has 0 amide bonds. The van der Waals surface area contributed by atoms with Gasteiger partial charge in [-0.15, -0.1) is 0 Å². The summed E-state index contributed by atoms with van der Waals surface area (Å²) in [7, 11) is -11.4. The molecule has 16 heteroatoms. The SMILES string of the molecule is CC(=O)c1ccc(Sc2ccc(S(OS(=O)(=O)C(F)(F)C(F)(F)C(F)(F)C(F)(F)F)(c3ccccc3)c3ccccc3)cc2C)cc1. The molecule has 4 aromatic rings. The smallest absolute Gasteiger partial charge is 0.295 e. The van der Waals surface area contributed by atoms with Crippen LogP contribution in [0.25, 0.3) is 0 Å². The third kappa shape index (κ3) is 6.52. The summed E-state index contributed by atoms with van der Waals surface area (Å²) >= 11 is 1.20. The summed E-state index contributed by atoms with van der Waals surface area (Å²) in [5.41, 5.74) is 0.850. The normalized spacial score (nSPS) is 13.8. The van der Waals surface area contributed by atoms with E-state index >= 15 is 8.78 Å². The maximum Gasteiger partial charge on any atom is 0.460 e. The molecule has 0 saturated heterocycles. The van der Waals surface area contributed by atoms with Crippen LogP contribution < -0.4 is 0 Å². The highest BCUT2D eigenvalue weighted by atomic mass is 32.3. The van der Waals surface area contributed by atoms with Gasteiger partial charge in [-0.1, -0.05) is 60.3 Å². The van der Waals surface area contributed by atoms with Gasteiger partial charge in [-0.05, 0) is 84.3 Å². The Labute approximate surface area is 269 Å². The minimum Gasteiger partial charge on any atom is -0.295 e. The number of halogens is 9. The number of rotatable bonds is 11. The molecule has 4 nitrogen and oxygen atoms in total. The second-order valence-electron chi connectivity index (χ2n) is 9.98. The second-order valence-corrected chi connectivity index (χ2v) is 15.6. The number of alkyl halides is 9. The first-order chi connectivity index (χ1) is 21.7. The summed E-state index contributed by atoms with van der Waals surface area (Å²) < 4.78 is 156. The van der Waals surface area contributed by atoms with Crippen molar-refractivity contribution in [2.45, 2.75) is 61.6 Å². The molecule has 0 aromatic heterocycles. The van der Waals surface area contributed by atoms with Crippen LogP contribution in [0.4, 0.5) is 39.5 Å². The topological polar surface area (TPSA) is 60.4 Å². The lowest BCUT2D eigenvalue weighted by molar-refractivity contribution is -0.382. The Bertz CT molecular complexity index is 1810. The van der Waals surface area contributed by atoms with Crippen molar-refractivity contribution >= 4 is 38.0 Å². The summed E-state index contributed by atoms with van der Waals surface area (Å²) in [6, 6.07) is 23.6. The van der Waals surface area contributed by atoms with Gasteiger partial charge in [0.2, 0.25) is 0 Å². The molecule has 0 heterocycles. The Kier molecular flexibility index (Phi) is 9.95. The average molecular weight is 727 g/mol. The first kappa shape index (κ1) is 36.4. The molecule has 252 valence electrons. The van der Waals surface area contributed by atoms with Crippen LogP contribution in [0.3, 0.4) is 0 Å². The van der Waals surface area contributed by atoms with Crippen LogP contribution in [0, 0.1) is 6.92 Å². The van der Waals surface area contributed by atoms with Crippen LogP contribution in [0.2, 0.25) is 0 Å². The monoisotopic (exact) mass is 726 g/mol. The minimum absolute atomic E-state index is 0.163. The standard InChI is InChI=1S/C31H23F9O4S3/c1-20-19-26(17-18-27(20)45-23-15-13-22(14-16-23)21(2)41)46(24-9-5-3-6-10-24,25-11-7-4-8-12-25)44-47(42,43)31(39,40)29(34,35)28(32,33)30(36,37)38/h3-19H,1-2H3. The molecule has 0 fully saturated rings. The van der Waals surface area contributed by atoms with Crippen molar-refractivity contribution in [2.24, 2.45) is 0 Å². The van der Waals surface area contributed by atoms with Crippen molar-refractivity contribution in [2.75, 3.05) is 0 Å². The molecule has 0 aliphatic heterocycles. The van der Waals surface area contributed by atoms with Crippen LogP contribution in [-0.2, 0) is 13.7 Å². The fraction of sp³-hybridized carbons (Fsp3) is 0.194. The van der Waals surface area contributed by atoms with Gasteiger partial charge in [0.25, 0.3) is 0 Å². The highest BCUT2D eigenvalue weighted by molar-refractivity contribution is 8.33. The van der Waals surface area contributed by atoms with E-state index in [-0.39, 0.29) is 20.5 Å². The predicted octanol–water partition coefficient (Wildman–Crippen LogP) is 10.3. The zero-order valence-corrected chi connectivity index (χ0v) is 26.5. The Morgan fingerprint density at radius 3 is 1.57 bits per heavy atom. The van der Waals surface area contributed by atoms with Crippen molar-refractivity contribution in [1.29, 1.82) is 0 Å². The number of carbonyl (C=O) groups is 1. The third-order valence-corrected chi connectivity index (χ3v) is 13.1. The fourth-order valence-electron chi connectivity index (χ4n) is 4.25. The van der Waals surface area contributed by atoms with Crippen LogP contribution in [0.1, 0.15) is 22.8 Å². The number of aryl methyl sites for hydroxylation is 1. The fourth-order valence-corrected chi connectivity index (χ4v) is 10.4. The van der Waals surface area contributed by atoms with Gasteiger partial charge in [-0.2, -0.15) is 47.9 Å². The molecule has 0 atom stereocenters. The number of ketones is 1. The first-order valence-corrected chi connectivity index (χ1v) is 17.0. The number of Topliss-reactive ketones (excluding diaryl/α,β-unsaturated/α-hetero) is 1. The van der Waals surface area contributed by atoms with Gasteiger partial charge in [0.15, 0.2) is 5.78 Å². The van der Waals surface area contributed by atoms with Crippen molar-refractivity contribution < 1.29 is 56.4 Å². The van der Waals surface area contributed by atoms with E-state index in [2.05, 4.69) is 0 Å².